The predicted molar refractivity (Wildman–Crippen MR) is 274 cm³/mol. The summed E-state index contributed by atoms with van der Waals surface area (Å²) in [6.45, 7) is 18.9. The molecular formula is C55H109N5O4. The molecule has 64 heavy (non-hydrogen) atoms. The van der Waals surface area contributed by atoms with Gasteiger partial charge in [-0.3, -0.25) is 24.2 Å². The molecule has 0 bridgehead atoms. The van der Waals surface area contributed by atoms with E-state index in [1.54, 1.807) is 0 Å². The second-order valence-electron chi connectivity index (χ2n) is 19.6. The van der Waals surface area contributed by atoms with Crippen LogP contribution in [0.3, 0.4) is 0 Å². The normalized spacial score (nSPS) is 13.2. The summed E-state index contributed by atoms with van der Waals surface area (Å²) in [5.41, 5.74) is 0. The molecule has 1 aliphatic rings. The van der Waals surface area contributed by atoms with E-state index in [1.165, 1.54) is 154 Å². The van der Waals surface area contributed by atoms with Crippen LogP contribution in [0.5, 0.6) is 0 Å². The molecule has 9 heteroatoms. The molecule has 378 valence electrons. The zero-order valence-corrected chi connectivity index (χ0v) is 43.4. The van der Waals surface area contributed by atoms with E-state index in [-0.39, 0.29) is 17.8 Å². The van der Waals surface area contributed by atoms with E-state index in [1.807, 2.05) is 9.80 Å². The van der Waals surface area contributed by atoms with Gasteiger partial charge in [0.05, 0.1) is 19.7 Å². The third kappa shape index (κ3) is 37.4. The van der Waals surface area contributed by atoms with Crippen LogP contribution < -0.4 is 5.32 Å². The number of hydrogen-bond donors (Lipinski definition) is 1. The molecular weight excluding hydrogens is 795 g/mol. The van der Waals surface area contributed by atoms with E-state index in [0.717, 1.165) is 103 Å². The Morgan fingerprint density at radius 2 is 0.719 bits per heavy atom. The Morgan fingerprint density at radius 3 is 1.12 bits per heavy atom. The number of hydrogen-bond acceptors (Lipinski definition) is 7. The van der Waals surface area contributed by atoms with Crippen molar-refractivity contribution in [3.63, 3.8) is 0 Å². The van der Waals surface area contributed by atoms with E-state index >= 15 is 0 Å². The maximum atomic E-state index is 13.8. The summed E-state index contributed by atoms with van der Waals surface area (Å²) in [7, 11) is 0. The fraction of sp³-hybridized carbons (Fsp3) is 0.945. The number of ether oxygens (including phenoxy) is 1. The number of amides is 2. The summed E-state index contributed by atoms with van der Waals surface area (Å²) in [5, 5.41) is 3.67. The number of piperazine rings is 1. The molecule has 0 aliphatic carbocycles. The van der Waals surface area contributed by atoms with Gasteiger partial charge in [0.15, 0.2) is 0 Å². The number of carbonyl (C=O) groups excluding carboxylic acids is 3. The number of nitrogens with one attached hydrogen (secondary N) is 1. The summed E-state index contributed by atoms with van der Waals surface area (Å²) >= 11 is 0. The molecule has 1 rings (SSSR count). The minimum absolute atomic E-state index is 0.0497. The lowest BCUT2D eigenvalue weighted by molar-refractivity contribution is -0.144. The van der Waals surface area contributed by atoms with Crippen molar-refractivity contribution in [1.29, 1.82) is 0 Å². The molecule has 0 radical (unpaired) electrons. The summed E-state index contributed by atoms with van der Waals surface area (Å²) in [6, 6.07) is 0. The lowest BCUT2D eigenvalue weighted by atomic mass is 10.1. The highest BCUT2D eigenvalue weighted by Gasteiger charge is 2.26. The Morgan fingerprint density at radius 1 is 0.391 bits per heavy atom. The largest absolute Gasteiger partial charge is 0.466 e. The van der Waals surface area contributed by atoms with Crippen LogP contribution >= 0.6 is 0 Å². The van der Waals surface area contributed by atoms with Crippen molar-refractivity contribution in [2.24, 2.45) is 0 Å². The Hall–Kier alpha value is -1.71. The van der Waals surface area contributed by atoms with Gasteiger partial charge in [0, 0.05) is 45.7 Å². The van der Waals surface area contributed by atoms with Crippen molar-refractivity contribution in [2.75, 3.05) is 85.1 Å². The maximum absolute atomic E-state index is 13.8. The molecule has 1 saturated heterocycles. The maximum Gasteiger partial charge on any atom is 0.305 e. The molecule has 0 aromatic heterocycles. The first-order chi connectivity index (χ1) is 31.4. The molecule has 2 amide bonds. The van der Waals surface area contributed by atoms with Crippen molar-refractivity contribution in [1.82, 2.24) is 24.9 Å². The van der Waals surface area contributed by atoms with Gasteiger partial charge in [-0.25, -0.2) is 0 Å². The average molecular weight is 905 g/mol. The molecule has 0 atom stereocenters. The van der Waals surface area contributed by atoms with Gasteiger partial charge < -0.3 is 19.9 Å². The first-order valence-corrected chi connectivity index (χ1v) is 28.3. The first-order valence-electron chi connectivity index (χ1n) is 28.3. The number of esters is 1. The predicted octanol–water partition coefficient (Wildman–Crippen LogP) is 13.1. The molecule has 0 aromatic carbocycles. The second-order valence-corrected chi connectivity index (χ2v) is 19.6. The highest BCUT2D eigenvalue weighted by atomic mass is 16.5. The van der Waals surface area contributed by atoms with E-state index in [9.17, 15) is 14.4 Å². The molecule has 1 N–H and O–H groups in total. The SMILES string of the molecule is CCCCCCCCCCCCCCN(CCCCCCCC(=O)OCCCCC)CC(=O)N1CCN(C(=O)CN(CCCCCCCCC)CCNCCCCCCCCC)CC1. The van der Waals surface area contributed by atoms with Gasteiger partial charge in [-0.15, -0.1) is 0 Å². The molecule has 0 saturated carbocycles. The number of carbonyl (C=O) groups is 3. The van der Waals surface area contributed by atoms with Crippen molar-refractivity contribution in [3.05, 3.63) is 0 Å². The van der Waals surface area contributed by atoms with Crippen LogP contribution in [-0.4, -0.2) is 123 Å². The lowest BCUT2D eigenvalue weighted by Crippen LogP contribution is -2.54. The number of rotatable bonds is 48. The minimum atomic E-state index is -0.0497. The van der Waals surface area contributed by atoms with Gasteiger partial charge in [0.1, 0.15) is 0 Å². The summed E-state index contributed by atoms with van der Waals surface area (Å²) in [4.78, 5) is 48.3. The fourth-order valence-corrected chi connectivity index (χ4v) is 9.11. The average Bonchev–Trinajstić information content (AvgIpc) is 3.30. The van der Waals surface area contributed by atoms with Crippen LogP contribution in [0, 0.1) is 0 Å². The Bertz CT molecular complexity index is 1040. The lowest BCUT2D eigenvalue weighted by Gasteiger charge is -2.37. The molecule has 0 aromatic rings. The van der Waals surface area contributed by atoms with Crippen molar-refractivity contribution in [3.8, 4) is 0 Å². The van der Waals surface area contributed by atoms with Crippen molar-refractivity contribution >= 4 is 17.8 Å². The number of unbranched alkanes of at least 4 members (excludes halogenated alkanes) is 29. The molecule has 1 aliphatic heterocycles. The minimum Gasteiger partial charge on any atom is -0.466 e. The highest BCUT2D eigenvalue weighted by Crippen LogP contribution is 2.15. The van der Waals surface area contributed by atoms with Gasteiger partial charge in [-0.1, -0.05) is 207 Å². The fourth-order valence-electron chi connectivity index (χ4n) is 9.11. The third-order valence-corrected chi connectivity index (χ3v) is 13.5. The monoisotopic (exact) mass is 904 g/mol. The molecule has 0 spiro atoms. The standard InChI is InChI=1S/C55H109N5O4/c1-5-9-13-16-19-20-21-22-23-26-31-35-42-57(43-36-32-27-28-33-39-55(63)64-50-38-12-8-4)51-53(61)59-46-48-60(49-47-59)54(62)52-58(44-37-30-25-18-15-11-7-3)45-41-56-40-34-29-24-17-14-10-6-2/h56H,5-52H2,1-4H3. The van der Waals surface area contributed by atoms with Gasteiger partial charge in [-0.05, 0) is 64.7 Å². The number of nitrogens with zero attached hydrogens (tertiary/aromatic N) is 4. The Kier molecular flexibility index (Phi) is 43.7. The van der Waals surface area contributed by atoms with Gasteiger partial charge >= 0.3 is 5.97 Å². The van der Waals surface area contributed by atoms with Crippen LogP contribution in [0.1, 0.15) is 252 Å². The zero-order chi connectivity index (χ0) is 46.4. The molecule has 0 unspecified atom stereocenters. The summed E-state index contributed by atoms with van der Waals surface area (Å²) in [6.07, 6.45) is 43.3. The highest BCUT2D eigenvalue weighted by molar-refractivity contribution is 5.80. The van der Waals surface area contributed by atoms with Crippen molar-refractivity contribution in [2.45, 2.75) is 252 Å². The molecule has 1 fully saturated rings. The van der Waals surface area contributed by atoms with E-state index in [2.05, 4.69) is 42.8 Å². The summed E-state index contributed by atoms with van der Waals surface area (Å²) < 4.78 is 5.38. The topological polar surface area (TPSA) is 85.4 Å². The van der Waals surface area contributed by atoms with E-state index in [0.29, 0.717) is 52.3 Å². The second kappa shape index (κ2) is 46.4. The molecule has 9 nitrogen and oxygen atoms in total. The quantitative estimate of drug-likeness (QED) is 0.0481. The van der Waals surface area contributed by atoms with Gasteiger partial charge in [-0.2, -0.15) is 0 Å². The van der Waals surface area contributed by atoms with Crippen LogP contribution in [0.2, 0.25) is 0 Å². The van der Waals surface area contributed by atoms with E-state index in [4.69, 9.17) is 4.74 Å². The van der Waals surface area contributed by atoms with Crippen LogP contribution in [0.25, 0.3) is 0 Å². The van der Waals surface area contributed by atoms with Crippen LogP contribution in [0.15, 0.2) is 0 Å². The first kappa shape index (κ1) is 60.3. The van der Waals surface area contributed by atoms with Crippen LogP contribution in [0.4, 0.5) is 0 Å². The third-order valence-electron chi connectivity index (χ3n) is 13.5. The summed E-state index contributed by atoms with van der Waals surface area (Å²) in [5.74, 6) is 0.391. The Labute approximate surface area is 398 Å². The van der Waals surface area contributed by atoms with Gasteiger partial charge in [0.2, 0.25) is 11.8 Å². The zero-order valence-electron chi connectivity index (χ0n) is 43.4. The van der Waals surface area contributed by atoms with Gasteiger partial charge in [0.25, 0.3) is 0 Å². The van der Waals surface area contributed by atoms with E-state index < -0.39 is 0 Å². The van der Waals surface area contributed by atoms with Crippen LogP contribution in [-0.2, 0) is 19.1 Å². The molecule has 1 heterocycles. The smallest absolute Gasteiger partial charge is 0.305 e. The van der Waals surface area contributed by atoms with Crippen molar-refractivity contribution < 1.29 is 19.1 Å². The Balaban J connectivity index is 2.56.